The van der Waals surface area contributed by atoms with Crippen LogP contribution in [-0.2, 0) is 14.8 Å². The molecule has 0 radical (unpaired) electrons. The number of ether oxygens (including phenoxy) is 1. The smallest absolute Gasteiger partial charge is 0.244 e. The normalized spacial score (nSPS) is 12.3. The minimum atomic E-state index is -3.72. The Balaban J connectivity index is 2.04. The van der Waals surface area contributed by atoms with E-state index in [-0.39, 0.29) is 25.4 Å². The first kappa shape index (κ1) is 22.0. The Kier molecular flexibility index (Phi) is 7.65. The van der Waals surface area contributed by atoms with Crippen molar-refractivity contribution in [1.82, 2.24) is 5.32 Å². The summed E-state index contributed by atoms with van der Waals surface area (Å²) in [5.41, 5.74) is 0.319. The second kappa shape index (κ2) is 9.75. The minimum absolute atomic E-state index is 0.157. The number of benzene rings is 2. The lowest BCUT2D eigenvalue weighted by Gasteiger charge is -2.30. The molecule has 1 N–H and O–H groups in total. The van der Waals surface area contributed by atoms with Crippen LogP contribution in [-0.4, -0.2) is 39.8 Å². The highest BCUT2D eigenvalue weighted by Crippen LogP contribution is 2.25. The summed E-state index contributed by atoms with van der Waals surface area (Å²) in [7, 11) is -3.72. The largest absolute Gasteiger partial charge is 0.492 e. The Morgan fingerprint density at radius 2 is 1.93 bits per heavy atom. The van der Waals surface area contributed by atoms with Gasteiger partial charge in [-0.1, -0.05) is 24.6 Å². The van der Waals surface area contributed by atoms with E-state index in [1.54, 1.807) is 25.1 Å². The van der Waals surface area contributed by atoms with Gasteiger partial charge in [-0.15, -0.1) is 0 Å². The van der Waals surface area contributed by atoms with Crippen molar-refractivity contribution in [2.75, 3.05) is 23.7 Å². The molecule has 0 spiro atoms. The van der Waals surface area contributed by atoms with Gasteiger partial charge in [0.05, 0.1) is 18.5 Å². The van der Waals surface area contributed by atoms with Gasteiger partial charge in [0.2, 0.25) is 15.9 Å². The van der Waals surface area contributed by atoms with E-state index in [9.17, 15) is 17.6 Å². The second-order valence-electron chi connectivity index (χ2n) is 6.06. The lowest BCUT2D eigenvalue weighted by atomic mass is 10.2. The number of rotatable bonds is 9. The number of hydrogen-bond donors (Lipinski definition) is 1. The van der Waals surface area contributed by atoms with Crippen molar-refractivity contribution in [1.29, 1.82) is 0 Å². The van der Waals surface area contributed by atoms with E-state index in [1.807, 2.05) is 0 Å². The Morgan fingerprint density at radius 3 is 2.50 bits per heavy atom. The summed E-state index contributed by atoms with van der Waals surface area (Å²) in [5, 5.41) is 3.04. The van der Waals surface area contributed by atoms with Gasteiger partial charge in [-0.2, -0.15) is 0 Å². The molecule has 1 amide bonds. The number of carbonyl (C=O) groups excluding carboxylic acids is 1. The standard InChI is InChI=1S/C19H22ClFN2O4S/c1-3-18(23(28(2,25)26)16-6-4-5-14(20)13-16)19(24)22-11-12-27-17-9-7-15(21)8-10-17/h4-10,13,18H,3,11-12H2,1-2H3,(H,22,24)/t18-/m1/s1. The predicted octanol–water partition coefficient (Wildman–Crippen LogP) is 3.22. The summed E-state index contributed by atoms with van der Waals surface area (Å²) in [5.74, 6) is -0.344. The van der Waals surface area contributed by atoms with Gasteiger partial charge in [-0.3, -0.25) is 9.10 Å². The van der Waals surface area contributed by atoms with E-state index in [2.05, 4.69) is 5.32 Å². The quantitative estimate of drug-likeness (QED) is 0.622. The van der Waals surface area contributed by atoms with Crippen LogP contribution in [0.4, 0.5) is 10.1 Å². The lowest BCUT2D eigenvalue weighted by molar-refractivity contribution is -0.122. The molecule has 0 bridgehead atoms. The van der Waals surface area contributed by atoms with Crippen LogP contribution >= 0.6 is 11.6 Å². The highest BCUT2D eigenvalue weighted by atomic mass is 35.5. The molecule has 0 saturated heterocycles. The van der Waals surface area contributed by atoms with Crippen molar-refractivity contribution in [3.05, 3.63) is 59.4 Å². The number of halogens is 2. The van der Waals surface area contributed by atoms with Crippen LogP contribution in [0.5, 0.6) is 5.75 Å². The van der Waals surface area contributed by atoms with Crippen molar-refractivity contribution in [3.8, 4) is 5.75 Å². The fourth-order valence-electron chi connectivity index (χ4n) is 2.67. The summed E-state index contributed by atoms with van der Waals surface area (Å²) in [4.78, 5) is 12.6. The molecule has 6 nitrogen and oxygen atoms in total. The summed E-state index contributed by atoms with van der Waals surface area (Å²) < 4.78 is 44.0. The molecule has 1 atom stereocenters. The molecular weight excluding hydrogens is 407 g/mol. The molecule has 152 valence electrons. The van der Waals surface area contributed by atoms with Crippen LogP contribution in [0.1, 0.15) is 13.3 Å². The highest BCUT2D eigenvalue weighted by Gasteiger charge is 2.31. The minimum Gasteiger partial charge on any atom is -0.492 e. The molecule has 28 heavy (non-hydrogen) atoms. The van der Waals surface area contributed by atoms with Crippen LogP contribution < -0.4 is 14.4 Å². The third kappa shape index (κ3) is 6.10. The number of anilines is 1. The number of carbonyl (C=O) groups is 1. The SMILES string of the molecule is CC[C@H](C(=O)NCCOc1ccc(F)cc1)N(c1cccc(Cl)c1)S(C)(=O)=O. The molecule has 2 aromatic carbocycles. The van der Waals surface area contributed by atoms with E-state index in [0.29, 0.717) is 16.5 Å². The molecule has 0 aliphatic heterocycles. The van der Waals surface area contributed by atoms with Gasteiger partial charge in [0.25, 0.3) is 0 Å². The third-order valence-corrected chi connectivity index (χ3v) is 5.29. The number of sulfonamides is 1. The van der Waals surface area contributed by atoms with E-state index in [1.165, 1.54) is 30.3 Å². The van der Waals surface area contributed by atoms with Gasteiger partial charge in [-0.25, -0.2) is 12.8 Å². The molecule has 2 aromatic rings. The maximum atomic E-state index is 12.9. The molecule has 0 aromatic heterocycles. The van der Waals surface area contributed by atoms with Crippen molar-refractivity contribution in [3.63, 3.8) is 0 Å². The average molecular weight is 429 g/mol. The zero-order valence-electron chi connectivity index (χ0n) is 15.6. The molecule has 0 unspecified atom stereocenters. The number of amides is 1. The Hall–Kier alpha value is -2.32. The maximum Gasteiger partial charge on any atom is 0.244 e. The molecule has 9 heteroatoms. The van der Waals surface area contributed by atoms with E-state index in [0.717, 1.165) is 10.6 Å². The van der Waals surface area contributed by atoms with Crippen LogP contribution in [0.2, 0.25) is 5.02 Å². The zero-order chi connectivity index (χ0) is 20.7. The van der Waals surface area contributed by atoms with Crippen LogP contribution in [0.3, 0.4) is 0 Å². The van der Waals surface area contributed by atoms with E-state index >= 15 is 0 Å². The van der Waals surface area contributed by atoms with Gasteiger partial charge in [0.15, 0.2) is 0 Å². The van der Waals surface area contributed by atoms with Crippen molar-refractivity contribution < 1.29 is 22.3 Å². The number of hydrogen-bond acceptors (Lipinski definition) is 4. The number of nitrogens with one attached hydrogen (secondary N) is 1. The fourth-order valence-corrected chi connectivity index (χ4v) is 4.05. The third-order valence-electron chi connectivity index (χ3n) is 3.88. The van der Waals surface area contributed by atoms with Crippen LogP contribution in [0, 0.1) is 5.82 Å². The Morgan fingerprint density at radius 1 is 1.25 bits per heavy atom. The first-order valence-electron chi connectivity index (χ1n) is 8.63. The lowest BCUT2D eigenvalue weighted by Crippen LogP contribution is -2.50. The van der Waals surface area contributed by atoms with Gasteiger partial charge >= 0.3 is 0 Å². The second-order valence-corrected chi connectivity index (χ2v) is 8.35. The zero-order valence-corrected chi connectivity index (χ0v) is 17.1. The molecule has 0 aliphatic carbocycles. The Labute approximate surface area is 169 Å². The molecule has 2 rings (SSSR count). The molecule has 0 heterocycles. The molecular formula is C19H22ClFN2O4S. The highest BCUT2D eigenvalue weighted by molar-refractivity contribution is 7.92. The number of nitrogens with zero attached hydrogens (tertiary/aromatic N) is 1. The van der Waals surface area contributed by atoms with Gasteiger partial charge in [0.1, 0.15) is 24.2 Å². The van der Waals surface area contributed by atoms with Gasteiger partial charge in [0, 0.05) is 5.02 Å². The summed E-state index contributed by atoms with van der Waals surface area (Å²) >= 11 is 5.97. The van der Waals surface area contributed by atoms with E-state index in [4.69, 9.17) is 16.3 Å². The monoisotopic (exact) mass is 428 g/mol. The van der Waals surface area contributed by atoms with Crippen LogP contribution in [0.15, 0.2) is 48.5 Å². The van der Waals surface area contributed by atoms with Gasteiger partial charge in [-0.05, 0) is 48.9 Å². The van der Waals surface area contributed by atoms with Crippen molar-refractivity contribution >= 4 is 33.2 Å². The predicted molar refractivity (Wildman–Crippen MR) is 108 cm³/mol. The van der Waals surface area contributed by atoms with Gasteiger partial charge < -0.3 is 10.1 Å². The van der Waals surface area contributed by atoms with Crippen molar-refractivity contribution in [2.45, 2.75) is 19.4 Å². The summed E-state index contributed by atoms with van der Waals surface area (Å²) in [6.45, 7) is 2.05. The Bertz CT molecular complexity index is 906. The van der Waals surface area contributed by atoms with Crippen molar-refractivity contribution in [2.24, 2.45) is 0 Å². The maximum absolute atomic E-state index is 12.9. The first-order valence-corrected chi connectivity index (χ1v) is 10.9. The summed E-state index contributed by atoms with van der Waals surface area (Å²) in [6.07, 6.45) is 1.31. The van der Waals surface area contributed by atoms with Crippen LogP contribution in [0.25, 0.3) is 0 Å². The van der Waals surface area contributed by atoms with E-state index < -0.39 is 22.0 Å². The topological polar surface area (TPSA) is 75.7 Å². The molecule has 0 aliphatic rings. The molecule has 0 fully saturated rings. The summed E-state index contributed by atoms with van der Waals surface area (Å²) in [6, 6.07) is 10.9. The molecule has 0 saturated carbocycles. The average Bonchev–Trinajstić information content (AvgIpc) is 2.63. The first-order chi connectivity index (χ1) is 13.2. The fraction of sp³-hybridized carbons (Fsp3) is 0.316.